The largest absolute Gasteiger partial charge is 0.341 e. The predicted molar refractivity (Wildman–Crippen MR) is 115 cm³/mol. The number of likely N-dealkylation sites (tertiary alicyclic amines) is 2. The Morgan fingerprint density at radius 1 is 1.00 bits per heavy atom. The molecule has 1 atom stereocenters. The van der Waals surface area contributed by atoms with Gasteiger partial charge in [-0.25, -0.2) is 0 Å². The van der Waals surface area contributed by atoms with Gasteiger partial charge in [-0.1, -0.05) is 37.5 Å². The highest BCUT2D eigenvalue weighted by molar-refractivity contribution is 5.94. The van der Waals surface area contributed by atoms with Gasteiger partial charge in [0.05, 0.1) is 0 Å². The van der Waals surface area contributed by atoms with E-state index in [2.05, 4.69) is 23.9 Å². The summed E-state index contributed by atoms with van der Waals surface area (Å²) in [7, 11) is 4.19. The summed E-state index contributed by atoms with van der Waals surface area (Å²) in [6.45, 7) is 4.15. The summed E-state index contributed by atoms with van der Waals surface area (Å²) in [5, 5.41) is 0. The van der Waals surface area contributed by atoms with Gasteiger partial charge in [0, 0.05) is 50.1 Å². The molecule has 0 radical (unpaired) electrons. The maximum atomic E-state index is 13.0. The van der Waals surface area contributed by atoms with E-state index in [0.29, 0.717) is 17.7 Å². The number of carbonyl (C=O) groups excluding carboxylic acids is 2. The standard InChI is InChI=1S/C24H35N3O2/c1-25(2)14-21-15-26(23(29)20-11-7-4-8-12-20)16-24(21)17-27(18-24)22(28)13-19-9-5-3-6-10-19/h4,7-8,11-12,19,21H,3,5-6,9-10,13-18H2,1-2H3. The zero-order valence-corrected chi connectivity index (χ0v) is 18.0. The van der Waals surface area contributed by atoms with Gasteiger partial charge in [0.1, 0.15) is 0 Å². The minimum Gasteiger partial charge on any atom is -0.341 e. The monoisotopic (exact) mass is 397 g/mol. The van der Waals surface area contributed by atoms with Crippen molar-refractivity contribution in [3.05, 3.63) is 35.9 Å². The third kappa shape index (κ3) is 4.35. The molecule has 5 heteroatoms. The number of amides is 2. The molecule has 1 aromatic carbocycles. The van der Waals surface area contributed by atoms with Crippen molar-refractivity contribution in [3.8, 4) is 0 Å². The normalized spacial score (nSPS) is 24.2. The van der Waals surface area contributed by atoms with Crippen LogP contribution in [0.5, 0.6) is 0 Å². The summed E-state index contributed by atoms with van der Waals surface area (Å²) >= 11 is 0. The molecule has 4 rings (SSSR count). The number of hydrogen-bond acceptors (Lipinski definition) is 3. The zero-order valence-electron chi connectivity index (χ0n) is 18.0. The van der Waals surface area contributed by atoms with Crippen molar-refractivity contribution >= 4 is 11.8 Å². The Morgan fingerprint density at radius 2 is 1.66 bits per heavy atom. The molecule has 2 saturated heterocycles. The molecule has 1 aliphatic carbocycles. The van der Waals surface area contributed by atoms with Crippen LogP contribution in [0, 0.1) is 17.3 Å². The second-order valence-corrected chi connectivity index (χ2v) is 9.83. The van der Waals surface area contributed by atoms with E-state index < -0.39 is 0 Å². The first-order valence-corrected chi connectivity index (χ1v) is 11.2. The van der Waals surface area contributed by atoms with Crippen LogP contribution in [-0.2, 0) is 4.79 Å². The average molecular weight is 398 g/mol. The van der Waals surface area contributed by atoms with Gasteiger partial charge in [-0.3, -0.25) is 9.59 Å². The topological polar surface area (TPSA) is 43.9 Å². The second kappa shape index (κ2) is 8.47. The van der Waals surface area contributed by atoms with Crippen molar-refractivity contribution < 1.29 is 9.59 Å². The lowest BCUT2D eigenvalue weighted by Crippen LogP contribution is -2.63. The fourth-order valence-electron chi connectivity index (χ4n) is 5.66. The summed E-state index contributed by atoms with van der Waals surface area (Å²) in [5.74, 6) is 1.46. The quantitative estimate of drug-likeness (QED) is 0.767. The molecule has 3 aliphatic rings. The highest BCUT2D eigenvalue weighted by Crippen LogP contribution is 2.45. The molecular formula is C24H35N3O2. The lowest BCUT2D eigenvalue weighted by Gasteiger charge is -2.51. The number of hydrogen-bond donors (Lipinski definition) is 0. The first-order chi connectivity index (χ1) is 14.0. The van der Waals surface area contributed by atoms with Crippen LogP contribution < -0.4 is 0 Å². The van der Waals surface area contributed by atoms with Crippen molar-refractivity contribution in [2.75, 3.05) is 46.8 Å². The molecule has 2 amide bonds. The van der Waals surface area contributed by atoms with Gasteiger partial charge in [0.2, 0.25) is 5.91 Å². The number of carbonyl (C=O) groups is 2. The van der Waals surface area contributed by atoms with Crippen molar-refractivity contribution in [2.24, 2.45) is 17.3 Å². The number of nitrogens with zero attached hydrogens (tertiary/aromatic N) is 3. The van der Waals surface area contributed by atoms with Crippen LogP contribution in [-0.4, -0.2) is 73.3 Å². The third-order valence-electron chi connectivity index (χ3n) is 7.26. The Kier molecular flexibility index (Phi) is 5.95. The Labute approximate surface area is 175 Å². The van der Waals surface area contributed by atoms with E-state index in [9.17, 15) is 9.59 Å². The van der Waals surface area contributed by atoms with Crippen molar-refractivity contribution in [2.45, 2.75) is 38.5 Å². The summed E-state index contributed by atoms with van der Waals surface area (Å²) in [5.41, 5.74) is 0.828. The smallest absolute Gasteiger partial charge is 0.253 e. The minimum absolute atomic E-state index is 0.0664. The second-order valence-electron chi connectivity index (χ2n) is 9.83. The predicted octanol–water partition coefficient (Wildman–Crippen LogP) is 3.12. The van der Waals surface area contributed by atoms with E-state index in [-0.39, 0.29) is 11.3 Å². The van der Waals surface area contributed by atoms with Crippen molar-refractivity contribution in [1.82, 2.24) is 14.7 Å². The van der Waals surface area contributed by atoms with Crippen LogP contribution in [0.4, 0.5) is 0 Å². The molecule has 3 fully saturated rings. The van der Waals surface area contributed by atoms with Gasteiger partial charge < -0.3 is 14.7 Å². The zero-order chi connectivity index (χ0) is 20.4. The number of benzene rings is 1. The molecule has 1 saturated carbocycles. The highest BCUT2D eigenvalue weighted by atomic mass is 16.2. The molecule has 5 nitrogen and oxygen atoms in total. The van der Waals surface area contributed by atoms with Crippen molar-refractivity contribution in [1.29, 1.82) is 0 Å². The first-order valence-electron chi connectivity index (χ1n) is 11.2. The maximum absolute atomic E-state index is 13.0. The number of rotatable bonds is 5. The van der Waals surface area contributed by atoms with E-state index in [1.807, 2.05) is 35.2 Å². The SMILES string of the molecule is CN(C)CC1CN(C(=O)c2ccccc2)CC12CN(C(=O)CC1CCCCC1)C2. The molecule has 0 aromatic heterocycles. The maximum Gasteiger partial charge on any atom is 0.253 e. The summed E-state index contributed by atoms with van der Waals surface area (Å²) < 4.78 is 0. The van der Waals surface area contributed by atoms with E-state index in [4.69, 9.17) is 0 Å². The van der Waals surface area contributed by atoms with Crippen LogP contribution >= 0.6 is 0 Å². The minimum atomic E-state index is 0.0664. The van der Waals surface area contributed by atoms with Crippen LogP contribution in [0.15, 0.2) is 30.3 Å². The Morgan fingerprint density at radius 3 is 2.31 bits per heavy atom. The van der Waals surface area contributed by atoms with Crippen LogP contribution in [0.25, 0.3) is 0 Å². The molecule has 0 N–H and O–H groups in total. The Hall–Kier alpha value is -1.88. The van der Waals surface area contributed by atoms with Gasteiger partial charge >= 0.3 is 0 Å². The van der Waals surface area contributed by atoms with E-state index >= 15 is 0 Å². The molecule has 1 spiro atoms. The highest BCUT2D eigenvalue weighted by Gasteiger charge is 2.56. The van der Waals surface area contributed by atoms with Gasteiger partial charge in [-0.15, -0.1) is 0 Å². The fourth-order valence-corrected chi connectivity index (χ4v) is 5.66. The van der Waals surface area contributed by atoms with Crippen molar-refractivity contribution in [3.63, 3.8) is 0 Å². The molecule has 2 heterocycles. The molecule has 1 unspecified atom stereocenters. The van der Waals surface area contributed by atoms with Crippen LogP contribution in [0.1, 0.15) is 48.9 Å². The molecular weight excluding hydrogens is 362 g/mol. The molecule has 0 bridgehead atoms. The third-order valence-corrected chi connectivity index (χ3v) is 7.26. The van der Waals surface area contributed by atoms with Crippen LogP contribution in [0.2, 0.25) is 0 Å². The van der Waals surface area contributed by atoms with Crippen LogP contribution in [0.3, 0.4) is 0 Å². The molecule has 158 valence electrons. The fraction of sp³-hybridized carbons (Fsp3) is 0.667. The van der Waals surface area contributed by atoms with Gasteiger partial charge in [-0.05, 0) is 50.9 Å². The lowest BCUT2D eigenvalue weighted by molar-refractivity contribution is -0.146. The lowest BCUT2D eigenvalue weighted by atomic mass is 9.71. The van der Waals surface area contributed by atoms with E-state index in [0.717, 1.165) is 44.7 Å². The molecule has 1 aromatic rings. The van der Waals surface area contributed by atoms with Gasteiger partial charge in [-0.2, -0.15) is 0 Å². The first kappa shape index (κ1) is 20.4. The average Bonchev–Trinajstić information content (AvgIpc) is 3.06. The van der Waals surface area contributed by atoms with E-state index in [1.54, 1.807) is 0 Å². The summed E-state index contributed by atoms with van der Waals surface area (Å²) in [6.07, 6.45) is 7.05. The van der Waals surface area contributed by atoms with Gasteiger partial charge in [0.25, 0.3) is 5.91 Å². The Balaban J connectivity index is 1.40. The van der Waals surface area contributed by atoms with E-state index in [1.165, 1.54) is 32.1 Å². The Bertz CT molecular complexity index is 721. The van der Waals surface area contributed by atoms with Gasteiger partial charge in [0.15, 0.2) is 0 Å². The molecule has 2 aliphatic heterocycles. The summed E-state index contributed by atoms with van der Waals surface area (Å²) in [6, 6.07) is 9.58. The molecule has 29 heavy (non-hydrogen) atoms. The summed E-state index contributed by atoms with van der Waals surface area (Å²) in [4.78, 5) is 32.2.